The Morgan fingerprint density at radius 2 is 1.97 bits per heavy atom. The summed E-state index contributed by atoms with van der Waals surface area (Å²) >= 11 is 0. The minimum Gasteiger partial charge on any atom is -0.482 e. The number of nitrogens with zero attached hydrogens (tertiary/aromatic N) is 1. The third kappa shape index (κ3) is 4.35. The van der Waals surface area contributed by atoms with Crippen LogP contribution in [0.15, 0.2) is 39.8 Å². The molecule has 4 rings (SSSR count). The molecule has 5 atom stereocenters. The summed E-state index contributed by atoms with van der Waals surface area (Å²) in [6, 6.07) is 4.92. The van der Waals surface area contributed by atoms with Crippen LogP contribution in [0.25, 0.3) is 11.3 Å². The highest BCUT2D eigenvalue weighted by molar-refractivity contribution is 6.02. The maximum atomic E-state index is 13.7. The van der Waals surface area contributed by atoms with Crippen LogP contribution in [0.1, 0.15) is 64.2 Å². The molecule has 0 radical (unpaired) electrons. The predicted octanol–water partition coefficient (Wildman–Crippen LogP) is 3.73. The van der Waals surface area contributed by atoms with Gasteiger partial charge in [0.1, 0.15) is 28.8 Å². The monoisotopic (exact) mass is 483 g/mol. The van der Waals surface area contributed by atoms with Crippen molar-refractivity contribution in [3.05, 3.63) is 46.6 Å². The van der Waals surface area contributed by atoms with Gasteiger partial charge in [0, 0.05) is 43.8 Å². The van der Waals surface area contributed by atoms with Crippen molar-refractivity contribution in [3.8, 4) is 17.1 Å². The van der Waals surface area contributed by atoms with Crippen LogP contribution in [0.4, 0.5) is 0 Å². The standard InChI is InChI=1S/C26H29NO8/c1-6-25(4,34-15(3)29)17-10-18-23(30)22-20(35-26(18,5)21(11-17)32-14(2)28)12-19(33-24(22)31)16-8-7-9-27-13-16/h7-9,12-13,17-18,21H,6,10-11H2,1-5H3/t17-,18-,21-,25?,26-/m0/s1. The first-order chi connectivity index (χ1) is 16.5. The molecule has 1 fully saturated rings. The van der Waals surface area contributed by atoms with Crippen molar-refractivity contribution in [2.24, 2.45) is 11.8 Å². The molecule has 2 aromatic rings. The number of ketones is 1. The molecule has 186 valence electrons. The van der Waals surface area contributed by atoms with Gasteiger partial charge >= 0.3 is 17.6 Å². The molecular weight excluding hydrogens is 454 g/mol. The van der Waals surface area contributed by atoms with E-state index in [9.17, 15) is 19.2 Å². The fourth-order valence-electron chi connectivity index (χ4n) is 5.31. The largest absolute Gasteiger partial charge is 0.482 e. The molecule has 0 amide bonds. The number of carbonyl (C=O) groups is 3. The number of ether oxygens (including phenoxy) is 3. The highest BCUT2D eigenvalue weighted by Crippen LogP contribution is 2.51. The zero-order chi connectivity index (χ0) is 25.5. The lowest BCUT2D eigenvalue weighted by molar-refractivity contribution is -0.190. The molecular formula is C26H29NO8. The van der Waals surface area contributed by atoms with E-state index in [4.69, 9.17) is 18.6 Å². The number of fused-ring (bicyclic) bond motifs is 2. The first-order valence-corrected chi connectivity index (χ1v) is 11.7. The average Bonchev–Trinajstić information content (AvgIpc) is 2.79. The van der Waals surface area contributed by atoms with Crippen LogP contribution >= 0.6 is 0 Å². The van der Waals surface area contributed by atoms with E-state index in [-0.39, 0.29) is 29.4 Å². The fourth-order valence-corrected chi connectivity index (χ4v) is 5.31. The SMILES string of the molecule is CCC(C)(OC(C)=O)[C@@H]1C[C@H](OC(C)=O)[C@@]2(C)Oc3cc(-c4cccnc4)oc(=O)c3C(=O)[C@@H]2C1. The zero-order valence-electron chi connectivity index (χ0n) is 20.5. The van der Waals surface area contributed by atoms with Crippen LogP contribution in [0, 0.1) is 11.8 Å². The van der Waals surface area contributed by atoms with Crippen LogP contribution < -0.4 is 10.4 Å². The third-order valence-electron chi connectivity index (χ3n) is 7.35. The Hall–Kier alpha value is -3.49. The van der Waals surface area contributed by atoms with Crippen molar-refractivity contribution < 1.29 is 33.0 Å². The average molecular weight is 484 g/mol. The van der Waals surface area contributed by atoms with Gasteiger partial charge in [0.25, 0.3) is 0 Å². The fraction of sp³-hybridized carbons (Fsp3) is 0.500. The maximum absolute atomic E-state index is 13.7. The second kappa shape index (κ2) is 8.94. The zero-order valence-corrected chi connectivity index (χ0v) is 20.5. The Morgan fingerprint density at radius 3 is 2.57 bits per heavy atom. The summed E-state index contributed by atoms with van der Waals surface area (Å²) in [5.41, 5.74) is -2.54. The molecule has 0 spiro atoms. The molecule has 2 aliphatic rings. The summed E-state index contributed by atoms with van der Waals surface area (Å²) in [4.78, 5) is 54.6. The van der Waals surface area contributed by atoms with Gasteiger partial charge in [-0.25, -0.2) is 4.79 Å². The van der Waals surface area contributed by atoms with Gasteiger partial charge in [-0.1, -0.05) is 6.92 Å². The van der Waals surface area contributed by atoms with Crippen molar-refractivity contribution >= 4 is 17.7 Å². The van der Waals surface area contributed by atoms with Crippen LogP contribution in [-0.2, 0) is 19.1 Å². The molecule has 0 saturated heterocycles. The van der Waals surface area contributed by atoms with E-state index < -0.39 is 46.6 Å². The van der Waals surface area contributed by atoms with Crippen molar-refractivity contribution in [1.29, 1.82) is 0 Å². The number of esters is 2. The summed E-state index contributed by atoms with van der Waals surface area (Å²) in [5, 5.41) is 0. The Bertz CT molecular complexity index is 1220. The third-order valence-corrected chi connectivity index (χ3v) is 7.35. The van der Waals surface area contributed by atoms with E-state index in [1.807, 2.05) is 13.8 Å². The van der Waals surface area contributed by atoms with Gasteiger partial charge in [-0.15, -0.1) is 0 Å². The summed E-state index contributed by atoms with van der Waals surface area (Å²) in [5.74, 6) is -2.23. The molecule has 0 aromatic carbocycles. The van der Waals surface area contributed by atoms with Gasteiger partial charge in [-0.3, -0.25) is 19.4 Å². The summed E-state index contributed by atoms with van der Waals surface area (Å²) in [6.07, 6.45) is 3.42. The Labute approximate surface area is 202 Å². The summed E-state index contributed by atoms with van der Waals surface area (Å²) < 4.78 is 23.1. The van der Waals surface area contributed by atoms with E-state index in [2.05, 4.69) is 4.98 Å². The first kappa shape index (κ1) is 24.6. The number of carbonyl (C=O) groups excluding carboxylic acids is 3. The molecule has 0 N–H and O–H groups in total. The predicted molar refractivity (Wildman–Crippen MR) is 124 cm³/mol. The molecule has 35 heavy (non-hydrogen) atoms. The molecule has 1 unspecified atom stereocenters. The van der Waals surface area contributed by atoms with Gasteiger partial charge in [0.05, 0.1) is 5.92 Å². The Morgan fingerprint density at radius 1 is 1.23 bits per heavy atom. The van der Waals surface area contributed by atoms with Crippen molar-refractivity contribution in [2.75, 3.05) is 0 Å². The van der Waals surface area contributed by atoms with Crippen LogP contribution in [0.3, 0.4) is 0 Å². The summed E-state index contributed by atoms with van der Waals surface area (Å²) in [7, 11) is 0. The Kier molecular flexibility index (Phi) is 6.29. The van der Waals surface area contributed by atoms with Gasteiger partial charge < -0.3 is 18.6 Å². The van der Waals surface area contributed by atoms with Crippen molar-refractivity contribution in [2.45, 2.75) is 71.2 Å². The quantitative estimate of drug-likeness (QED) is 0.586. The molecule has 1 aliphatic heterocycles. The topological polar surface area (TPSA) is 122 Å². The van der Waals surface area contributed by atoms with Crippen LogP contribution in [-0.4, -0.2) is 40.0 Å². The lowest BCUT2D eigenvalue weighted by atomic mass is 9.62. The number of hydrogen-bond acceptors (Lipinski definition) is 9. The second-order valence-corrected chi connectivity index (χ2v) is 9.61. The highest BCUT2D eigenvalue weighted by atomic mass is 16.6. The van der Waals surface area contributed by atoms with E-state index in [1.165, 1.54) is 26.1 Å². The minimum atomic E-state index is -1.23. The molecule has 1 aliphatic carbocycles. The van der Waals surface area contributed by atoms with Crippen molar-refractivity contribution in [1.82, 2.24) is 4.98 Å². The first-order valence-electron chi connectivity index (χ1n) is 11.7. The molecule has 3 heterocycles. The Balaban J connectivity index is 1.80. The van der Waals surface area contributed by atoms with Crippen LogP contribution in [0.5, 0.6) is 5.75 Å². The lowest BCUT2D eigenvalue weighted by Gasteiger charge is -2.52. The van der Waals surface area contributed by atoms with E-state index >= 15 is 0 Å². The minimum absolute atomic E-state index is 0.0812. The number of pyridine rings is 1. The maximum Gasteiger partial charge on any atom is 0.351 e. The number of Topliss-reactive ketones (excluding diaryl/α,β-unsaturated/α-hetero) is 1. The van der Waals surface area contributed by atoms with Gasteiger partial charge in [-0.2, -0.15) is 0 Å². The molecule has 9 nitrogen and oxygen atoms in total. The normalized spacial score (nSPS) is 27.0. The molecule has 9 heteroatoms. The smallest absolute Gasteiger partial charge is 0.351 e. The number of hydrogen-bond donors (Lipinski definition) is 0. The van der Waals surface area contributed by atoms with E-state index in [0.717, 1.165) is 0 Å². The van der Waals surface area contributed by atoms with Gasteiger partial charge in [0.15, 0.2) is 11.4 Å². The van der Waals surface area contributed by atoms with E-state index in [0.29, 0.717) is 18.4 Å². The van der Waals surface area contributed by atoms with Gasteiger partial charge in [-0.05, 0) is 45.2 Å². The number of aromatic nitrogens is 1. The van der Waals surface area contributed by atoms with Crippen LogP contribution in [0.2, 0.25) is 0 Å². The van der Waals surface area contributed by atoms with Gasteiger partial charge in [0.2, 0.25) is 0 Å². The molecule has 2 aromatic heterocycles. The second-order valence-electron chi connectivity index (χ2n) is 9.61. The highest BCUT2D eigenvalue weighted by Gasteiger charge is 2.60. The van der Waals surface area contributed by atoms with Crippen molar-refractivity contribution in [3.63, 3.8) is 0 Å². The van der Waals surface area contributed by atoms with E-state index in [1.54, 1.807) is 25.3 Å². The molecule has 1 saturated carbocycles. The summed E-state index contributed by atoms with van der Waals surface area (Å²) in [6.45, 7) is 8.04. The lowest BCUT2D eigenvalue weighted by Crippen LogP contribution is -2.63. The number of rotatable bonds is 5. The molecule has 0 bridgehead atoms.